The summed E-state index contributed by atoms with van der Waals surface area (Å²) in [4.78, 5) is -0.0608. The summed E-state index contributed by atoms with van der Waals surface area (Å²) in [6.07, 6.45) is 4.44. The van der Waals surface area contributed by atoms with Gasteiger partial charge in [-0.2, -0.15) is 0 Å². The highest BCUT2D eigenvalue weighted by atomic mass is 79.9. The zero-order valence-corrected chi connectivity index (χ0v) is 12.6. The highest BCUT2D eigenvalue weighted by Gasteiger charge is 2.47. The van der Waals surface area contributed by atoms with Crippen molar-refractivity contribution >= 4 is 27.5 Å². The quantitative estimate of drug-likeness (QED) is 0.735. The molecule has 0 bridgehead atoms. The highest BCUT2D eigenvalue weighted by Crippen LogP contribution is 2.57. The summed E-state index contributed by atoms with van der Waals surface area (Å²) >= 11 is 10.2. The van der Waals surface area contributed by atoms with E-state index in [1.54, 1.807) is 12.1 Å². The molecule has 0 aromatic heterocycles. The predicted octanol–water partition coefficient (Wildman–Crippen LogP) is 4.79. The molecular formula is C15H16BrClO. The van der Waals surface area contributed by atoms with Crippen molar-refractivity contribution in [3.05, 3.63) is 40.4 Å². The first kappa shape index (κ1) is 12.6. The number of halogens is 2. The smallest absolute Gasteiger partial charge is 0.115 e. The molecule has 4 atom stereocenters. The number of hydrogen-bond acceptors (Lipinski definition) is 1. The van der Waals surface area contributed by atoms with Gasteiger partial charge in [0.2, 0.25) is 0 Å². The molecule has 0 amide bonds. The monoisotopic (exact) mass is 326 g/mol. The lowest BCUT2D eigenvalue weighted by Gasteiger charge is -2.22. The second-order valence-corrected chi connectivity index (χ2v) is 7.60. The summed E-state index contributed by atoms with van der Waals surface area (Å²) in [7, 11) is 0. The summed E-state index contributed by atoms with van der Waals surface area (Å²) in [5, 5.41) is 9.39. The van der Waals surface area contributed by atoms with Crippen molar-refractivity contribution < 1.29 is 5.11 Å². The first-order chi connectivity index (χ1) is 8.46. The maximum absolute atomic E-state index is 9.39. The Kier molecular flexibility index (Phi) is 2.98. The lowest BCUT2D eigenvalue weighted by molar-refractivity contribution is 0.443. The normalized spacial score (nSPS) is 38.6. The van der Waals surface area contributed by atoms with Crippen LogP contribution in [0.1, 0.15) is 31.2 Å². The summed E-state index contributed by atoms with van der Waals surface area (Å²) in [6.45, 7) is 2.14. The molecule has 1 aromatic rings. The fourth-order valence-electron chi connectivity index (χ4n) is 3.52. The number of alkyl halides is 1. The molecule has 1 nitrogen and oxygen atoms in total. The zero-order chi connectivity index (χ0) is 12.9. The molecule has 0 saturated heterocycles. The molecule has 2 aliphatic rings. The molecule has 0 radical (unpaired) electrons. The topological polar surface area (TPSA) is 20.2 Å². The molecule has 0 heterocycles. The number of hydrogen-bond donors (Lipinski definition) is 1. The van der Waals surface area contributed by atoms with Crippen LogP contribution in [0.3, 0.4) is 0 Å². The molecule has 1 aromatic carbocycles. The van der Waals surface area contributed by atoms with E-state index in [4.69, 9.17) is 11.6 Å². The van der Waals surface area contributed by atoms with Gasteiger partial charge in [0.1, 0.15) is 5.75 Å². The molecular weight excluding hydrogens is 312 g/mol. The van der Waals surface area contributed by atoms with E-state index in [1.807, 2.05) is 12.1 Å². The van der Waals surface area contributed by atoms with Crippen molar-refractivity contribution in [3.63, 3.8) is 0 Å². The Hall–Kier alpha value is -0.470. The number of benzene rings is 1. The maximum Gasteiger partial charge on any atom is 0.115 e. The number of fused-ring (bicyclic) bond motifs is 1. The molecule has 3 heteroatoms. The predicted molar refractivity (Wildman–Crippen MR) is 78.3 cm³/mol. The van der Waals surface area contributed by atoms with Crippen molar-refractivity contribution in [2.24, 2.45) is 11.8 Å². The molecule has 0 spiro atoms. The first-order valence-electron chi connectivity index (χ1n) is 6.31. The fraction of sp³-hybridized carbons (Fsp3) is 0.467. The van der Waals surface area contributed by atoms with Crippen molar-refractivity contribution in [1.29, 1.82) is 0 Å². The van der Waals surface area contributed by atoms with Gasteiger partial charge in [0, 0.05) is 10.8 Å². The second-order valence-electron chi connectivity index (χ2n) is 5.77. The van der Waals surface area contributed by atoms with E-state index < -0.39 is 0 Å². The van der Waals surface area contributed by atoms with Crippen LogP contribution in [0.5, 0.6) is 5.75 Å². The van der Waals surface area contributed by atoms with Crippen LogP contribution in [-0.2, 0) is 0 Å². The minimum Gasteiger partial charge on any atom is -0.508 e. The van der Waals surface area contributed by atoms with Crippen LogP contribution in [0.4, 0.5) is 0 Å². The Morgan fingerprint density at radius 2 is 1.94 bits per heavy atom. The van der Waals surface area contributed by atoms with E-state index in [9.17, 15) is 5.11 Å². The molecule has 1 unspecified atom stereocenters. The molecule has 1 fully saturated rings. The SMILES string of the molecule is C[C@@]1(Cl)C[C@H]2C=C(Br)C(c3ccc(O)cc3)[C@H]2C1. The van der Waals surface area contributed by atoms with Crippen LogP contribution in [0.2, 0.25) is 0 Å². The number of rotatable bonds is 1. The van der Waals surface area contributed by atoms with Crippen LogP contribution in [-0.4, -0.2) is 9.98 Å². The van der Waals surface area contributed by atoms with E-state index >= 15 is 0 Å². The second kappa shape index (κ2) is 4.28. The van der Waals surface area contributed by atoms with Gasteiger partial charge in [-0.05, 0) is 53.8 Å². The van der Waals surface area contributed by atoms with Crippen LogP contribution >= 0.6 is 27.5 Å². The minimum absolute atomic E-state index is 0.0608. The summed E-state index contributed by atoms with van der Waals surface area (Å²) < 4.78 is 1.27. The number of allylic oxidation sites excluding steroid dienone is 2. The van der Waals surface area contributed by atoms with Gasteiger partial charge in [-0.1, -0.05) is 34.1 Å². The Bertz CT molecular complexity index is 492. The van der Waals surface area contributed by atoms with Crippen LogP contribution < -0.4 is 0 Å². The molecule has 2 aliphatic carbocycles. The van der Waals surface area contributed by atoms with Gasteiger partial charge in [-0.25, -0.2) is 0 Å². The van der Waals surface area contributed by atoms with Gasteiger partial charge >= 0.3 is 0 Å². The first-order valence-corrected chi connectivity index (χ1v) is 7.48. The molecule has 96 valence electrons. The molecule has 18 heavy (non-hydrogen) atoms. The van der Waals surface area contributed by atoms with E-state index in [2.05, 4.69) is 28.9 Å². The van der Waals surface area contributed by atoms with Crippen molar-refractivity contribution in [3.8, 4) is 5.75 Å². The fourth-order valence-corrected chi connectivity index (χ4v) is 4.82. The van der Waals surface area contributed by atoms with Gasteiger partial charge in [-0.3, -0.25) is 0 Å². The van der Waals surface area contributed by atoms with Gasteiger partial charge in [0.25, 0.3) is 0 Å². The average Bonchev–Trinajstić information content (AvgIpc) is 2.70. The third kappa shape index (κ3) is 2.10. The Balaban J connectivity index is 1.93. The van der Waals surface area contributed by atoms with Crippen LogP contribution in [0, 0.1) is 11.8 Å². The Labute approximate surface area is 121 Å². The van der Waals surface area contributed by atoms with Gasteiger partial charge in [0.05, 0.1) is 0 Å². The Morgan fingerprint density at radius 1 is 1.28 bits per heavy atom. The maximum atomic E-state index is 9.39. The van der Waals surface area contributed by atoms with Gasteiger partial charge in [0.15, 0.2) is 0 Å². The minimum atomic E-state index is -0.0608. The van der Waals surface area contributed by atoms with Crippen LogP contribution in [0.15, 0.2) is 34.8 Å². The van der Waals surface area contributed by atoms with E-state index in [0.29, 0.717) is 23.5 Å². The van der Waals surface area contributed by atoms with E-state index in [0.717, 1.165) is 12.8 Å². The zero-order valence-electron chi connectivity index (χ0n) is 10.2. The summed E-state index contributed by atoms with van der Waals surface area (Å²) in [5.74, 6) is 1.89. The largest absolute Gasteiger partial charge is 0.508 e. The van der Waals surface area contributed by atoms with Crippen molar-refractivity contribution in [1.82, 2.24) is 0 Å². The lowest BCUT2D eigenvalue weighted by Crippen LogP contribution is -2.14. The van der Waals surface area contributed by atoms with E-state index in [1.165, 1.54) is 10.0 Å². The molecule has 1 saturated carbocycles. The lowest BCUT2D eigenvalue weighted by atomic mass is 9.85. The summed E-state index contributed by atoms with van der Waals surface area (Å²) in [6, 6.07) is 7.55. The van der Waals surface area contributed by atoms with Gasteiger partial charge in [-0.15, -0.1) is 11.6 Å². The van der Waals surface area contributed by atoms with Crippen LogP contribution in [0.25, 0.3) is 0 Å². The number of phenolic OH excluding ortho intramolecular Hbond substituents is 1. The van der Waals surface area contributed by atoms with Crippen molar-refractivity contribution in [2.75, 3.05) is 0 Å². The standard InChI is InChI=1S/C15H16BrClO/c1-15(17)7-10-6-13(16)14(12(10)8-15)9-2-4-11(18)5-3-9/h2-6,10,12,14,18H,7-8H2,1H3/t10-,12+,14?,15-/m1/s1. The summed E-state index contributed by atoms with van der Waals surface area (Å²) in [5.41, 5.74) is 1.26. The highest BCUT2D eigenvalue weighted by molar-refractivity contribution is 9.11. The molecule has 1 N–H and O–H groups in total. The molecule has 0 aliphatic heterocycles. The van der Waals surface area contributed by atoms with E-state index in [-0.39, 0.29) is 4.87 Å². The van der Waals surface area contributed by atoms with Crippen molar-refractivity contribution in [2.45, 2.75) is 30.6 Å². The van der Waals surface area contributed by atoms with Gasteiger partial charge < -0.3 is 5.11 Å². The number of phenols is 1. The average molecular weight is 328 g/mol. The molecule has 3 rings (SSSR count). The third-order valence-corrected chi connectivity index (χ3v) is 5.29. The Morgan fingerprint density at radius 3 is 2.61 bits per heavy atom. The third-order valence-electron chi connectivity index (χ3n) is 4.22. The number of aromatic hydroxyl groups is 1.